The Morgan fingerprint density at radius 1 is 1.29 bits per heavy atom. The van der Waals surface area contributed by atoms with Crippen molar-refractivity contribution in [2.24, 2.45) is 11.3 Å². The van der Waals surface area contributed by atoms with Crippen LogP contribution in [0.1, 0.15) is 46.5 Å². The molecule has 102 valence electrons. The molecule has 1 aliphatic rings. The lowest BCUT2D eigenvalue weighted by molar-refractivity contribution is 0.0190. The minimum absolute atomic E-state index is 0.130. The highest BCUT2D eigenvalue weighted by molar-refractivity contribution is 7.80. The van der Waals surface area contributed by atoms with Crippen LogP contribution in [0.25, 0.3) is 0 Å². The van der Waals surface area contributed by atoms with Crippen LogP contribution in [0.15, 0.2) is 0 Å². The largest absolute Gasteiger partial charge is 0.391 e. The Kier molecular flexibility index (Phi) is 5.81. The second-order valence-electron chi connectivity index (χ2n) is 6.60. The van der Waals surface area contributed by atoms with Crippen LogP contribution in [0.4, 0.5) is 0 Å². The number of hydrogen-bond acceptors (Lipinski definition) is 3. The number of likely N-dealkylation sites (N-methyl/N-ethyl adjacent to an activating group) is 1. The van der Waals surface area contributed by atoms with Gasteiger partial charge in [-0.2, -0.15) is 12.6 Å². The molecule has 0 bridgehead atoms. The molecule has 0 aliphatic heterocycles. The van der Waals surface area contributed by atoms with Gasteiger partial charge in [0.25, 0.3) is 0 Å². The third-order valence-corrected chi connectivity index (χ3v) is 4.65. The van der Waals surface area contributed by atoms with Crippen LogP contribution in [0, 0.1) is 11.3 Å². The van der Waals surface area contributed by atoms with Gasteiger partial charge in [0.15, 0.2) is 0 Å². The van der Waals surface area contributed by atoms with E-state index >= 15 is 0 Å². The highest BCUT2D eigenvalue weighted by Gasteiger charge is 2.30. The summed E-state index contributed by atoms with van der Waals surface area (Å²) in [5.41, 5.74) is 0.287. The predicted molar refractivity (Wildman–Crippen MR) is 77.7 cm³/mol. The molecule has 0 aromatic carbocycles. The number of aliphatic hydroxyl groups excluding tert-OH is 1. The number of rotatable bonds is 4. The molecule has 0 spiro atoms. The van der Waals surface area contributed by atoms with E-state index in [1.165, 1.54) is 12.8 Å². The molecule has 0 saturated heterocycles. The van der Waals surface area contributed by atoms with Crippen molar-refractivity contribution in [3.05, 3.63) is 0 Å². The minimum Gasteiger partial charge on any atom is -0.391 e. The van der Waals surface area contributed by atoms with Gasteiger partial charge < -0.3 is 10.0 Å². The van der Waals surface area contributed by atoms with Gasteiger partial charge in [0.2, 0.25) is 0 Å². The number of nitrogens with zero attached hydrogens (tertiary/aromatic N) is 1. The molecule has 2 nitrogen and oxygen atoms in total. The van der Waals surface area contributed by atoms with Crippen molar-refractivity contribution in [1.29, 1.82) is 0 Å². The van der Waals surface area contributed by atoms with Gasteiger partial charge in [0, 0.05) is 12.6 Å². The van der Waals surface area contributed by atoms with Gasteiger partial charge in [-0.25, -0.2) is 0 Å². The van der Waals surface area contributed by atoms with E-state index < -0.39 is 0 Å². The van der Waals surface area contributed by atoms with Crippen molar-refractivity contribution in [3.8, 4) is 0 Å². The second kappa shape index (κ2) is 6.44. The van der Waals surface area contributed by atoms with Crippen molar-refractivity contribution < 1.29 is 5.11 Å². The fourth-order valence-electron chi connectivity index (χ4n) is 2.69. The van der Waals surface area contributed by atoms with E-state index in [4.69, 9.17) is 0 Å². The molecule has 3 atom stereocenters. The molecule has 1 saturated carbocycles. The molecule has 0 aromatic heterocycles. The van der Waals surface area contributed by atoms with Gasteiger partial charge in [0.05, 0.1) is 6.10 Å². The molecule has 3 unspecified atom stereocenters. The molecule has 0 aromatic rings. The number of aliphatic hydroxyl groups is 1. The number of thiol groups is 1. The van der Waals surface area contributed by atoms with Crippen LogP contribution in [0.3, 0.4) is 0 Å². The maximum absolute atomic E-state index is 10.1. The average molecular weight is 259 g/mol. The maximum atomic E-state index is 10.1. The van der Waals surface area contributed by atoms with Crippen LogP contribution < -0.4 is 0 Å². The summed E-state index contributed by atoms with van der Waals surface area (Å²) in [5.74, 6) is 1.49. The Bertz CT molecular complexity index is 227. The van der Waals surface area contributed by atoms with Gasteiger partial charge in [-0.3, -0.25) is 0 Å². The van der Waals surface area contributed by atoms with E-state index in [0.717, 1.165) is 25.1 Å². The third kappa shape index (κ3) is 4.46. The third-order valence-electron chi connectivity index (χ3n) is 4.21. The summed E-state index contributed by atoms with van der Waals surface area (Å²) >= 11 is 4.48. The van der Waals surface area contributed by atoms with Crippen molar-refractivity contribution in [3.63, 3.8) is 0 Å². The summed E-state index contributed by atoms with van der Waals surface area (Å²) in [6.45, 7) is 7.87. The first kappa shape index (κ1) is 15.3. The first-order valence-electron chi connectivity index (χ1n) is 6.85. The summed E-state index contributed by atoms with van der Waals surface area (Å²) < 4.78 is 0. The lowest BCUT2D eigenvalue weighted by Gasteiger charge is -2.40. The van der Waals surface area contributed by atoms with Crippen LogP contribution in [0.2, 0.25) is 0 Å². The maximum Gasteiger partial charge on any atom is 0.0695 e. The average Bonchev–Trinajstić information content (AvgIpc) is 2.24. The fraction of sp³-hybridized carbons (Fsp3) is 1.00. The molecule has 3 heteroatoms. The Morgan fingerprint density at radius 2 is 1.88 bits per heavy atom. The summed E-state index contributed by atoms with van der Waals surface area (Å²) in [7, 11) is 2.15. The summed E-state index contributed by atoms with van der Waals surface area (Å²) in [6.07, 6.45) is 4.42. The molecule has 1 aliphatic carbocycles. The van der Waals surface area contributed by atoms with Crippen LogP contribution in [0.5, 0.6) is 0 Å². The van der Waals surface area contributed by atoms with E-state index in [1.54, 1.807) is 0 Å². The Labute approximate surface area is 112 Å². The van der Waals surface area contributed by atoms with E-state index in [-0.39, 0.29) is 11.5 Å². The smallest absolute Gasteiger partial charge is 0.0695 e. The molecule has 1 N–H and O–H groups in total. The normalized spacial score (nSPS) is 28.4. The molecule has 17 heavy (non-hydrogen) atoms. The minimum atomic E-state index is -0.130. The predicted octanol–water partition coefficient (Wildman–Crippen LogP) is 2.81. The van der Waals surface area contributed by atoms with Gasteiger partial charge in [-0.15, -0.1) is 0 Å². The monoisotopic (exact) mass is 259 g/mol. The quantitative estimate of drug-likeness (QED) is 0.759. The van der Waals surface area contributed by atoms with Crippen molar-refractivity contribution in [1.82, 2.24) is 4.90 Å². The van der Waals surface area contributed by atoms with Gasteiger partial charge >= 0.3 is 0 Å². The van der Waals surface area contributed by atoms with E-state index in [2.05, 4.69) is 45.3 Å². The van der Waals surface area contributed by atoms with E-state index in [0.29, 0.717) is 12.0 Å². The first-order valence-corrected chi connectivity index (χ1v) is 7.48. The molecule has 1 rings (SSSR count). The topological polar surface area (TPSA) is 23.5 Å². The standard InChI is InChI=1S/C14H29NOS/c1-14(2,3)11(10-17)9-15(4)12-7-5-6-8-13(12)16/h11-13,16-17H,5-10H2,1-4H3. The molecule has 0 amide bonds. The Hall–Kier alpha value is 0.270. The van der Waals surface area contributed by atoms with E-state index in [9.17, 15) is 5.11 Å². The summed E-state index contributed by atoms with van der Waals surface area (Å²) in [4.78, 5) is 2.36. The molecular formula is C14H29NOS. The molecule has 1 fully saturated rings. The van der Waals surface area contributed by atoms with Gasteiger partial charge in [-0.05, 0) is 37.0 Å². The Morgan fingerprint density at radius 3 is 2.35 bits per heavy atom. The van der Waals surface area contributed by atoms with Crippen molar-refractivity contribution in [2.75, 3.05) is 19.3 Å². The Balaban J connectivity index is 2.54. The zero-order chi connectivity index (χ0) is 13.1. The molecule has 0 heterocycles. The van der Waals surface area contributed by atoms with Crippen LogP contribution >= 0.6 is 12.6 Å². The highest BCUT2D eigenvalue weighted by atomic mass is 32.1. The summed E-state index contributed by atoms with van der Waals surface area (Å²) in [5, 5.41) is 10.1. The SMILES string of the molecule is CN(CC(CS)C(C)(C)C)C1CCCCC1O. The highest BCUT2D eigenvalue weighted by Crippen LogP contribution is 2.30. The van der Waals surface area contributed by atoms with Crippen molar-refractivity contribution in [2.45, 2.75) is 58.6 Å². The summed E-state index contributed by atoms with van der Waals surface area (Å²) in [6, 6.07) is 0.355. The first-order chi connectivity index (χ1) is 7.86. The molecule has 0 radical (unpaired) electrons. The van der Waals surface area contributed by atoms with E-state index in [1.807, 2.05) is 0 Å². The van der Waals surface area contributed by atoms with Crippen LogP contribution in [-0.4, -0.2) is 41.5 Å². The van der Waals surface area contributed by atoms with Crippen molar-refractivity contribution >= 4 is 12.6 Å². The van der Waals surface area contributed by atoms with Crippen LogP contribution in [-0.2, 0) is 0 Å². The van der Waals surface area contributed by atoms with Gasteiger partial charge in [0.1, 0.15) is 0 Å². The lowest BCUT2D eigenvalue weighted by atomic mass is 9.81. The zero-order valence-corrected chi connectivity index (χ0v) is 12.7. The second-order valence-corrected chi connectivity index (χ2v) is 6.97. The number of hydrogen-bond donors (Lipinski definition) is 2. The fourth-order valence-corrected chi connectivity index (χ4v) is 3.36. The van der Waals surface area contributed by atoms with Gasteiger partial charge in [-0.1, -0.05) is 33.6 Å². The zero-order valence-electron chi connectivity index (χ0n) is 11.8. The molecular weight excluding hydrogens is 230 g/mol. The lowest BCUT2D eigenvalue weighted by Crippen LogP contribution is -2.47.